The second-order valence-electron chi connectivity index (χ2n) is 19.2. The van der Waals surface area contributed by atoms with Crippen molar-refractivity contribution in [1.82, 2.24) is 0 Å². The Morgan fingerprint density at radius 3 is 1.56 bits per heavy atom. The van der Waals surface area contributed by atoms with Gasteiger partial charge in [-0.15, -0.1) is 0 Å². The molecule has 0 unspecified atom stereocenters. The second kappa shape index (κ2) is 19.2. The number of allylic oxidation sites excluding steroid dienone is 7. The molecule has 0 N–H and O–H groups in total. The maximum absolute atomic E-state index is 2.46. The van der Waals surface area contributed by atoms with Crippen molar-refractivity contribution in [2.75, 3.05) is 9.80 Å². The van der Waals surface area contributed by atoms with E-state index in [1.54, 1.807) is 0 Å². The van der Waals surface area contributed by atoms with E-state index in [-0.39, 0.29) is 0 Å². The van der Waals surface area contributed by atoms with Gasteiger partial charge in [0.05, 0.1) is 11.4 Å². The van der Waals surface area contributed by atoms with Gasteiger partial charge in [-0.2, -0.15) is 0 Å². The van der Waals surface area contributed by atoms with Crippen LogP contribution in [0.2, 0.25) is 0 Å². The topological polar surface area (TPSA) is 6.48 Å². The standard InChI is InChI=1S/C71H52N2/c1-4-16-52(17-5-1)54-34-41-63(42-35-54)72(70-66-24-9-3-8-20-58(66)47-59-21-10-13-25-67(59)70)62-39-31-50(32-40-62)28-29-51-30-33-57-49-65(45-38-56(57)46-51)73(64-43-36-55(37-44-64)53-18-6-2-7-19-53)71-68-26-14-11-22-60(68)48-61-23-12-15-27-69(61)71/h2-4,6-19,21-49H,1,5,20H2/b29-28+. The summed E-state index contributed by atoms with van der Waals surface area (Å²) in [7, 11) is 0. The molecule has 2 aliphatic carbocycles. The van der Waals surface area contributed by atoms with E-state index in [9.17, 15) is 0 Å². The summed E-state index contributed by atoms with van der Waals surface area (Å²) in [4.78, 5) is 4.91. The van der Waals surface area contributed by atoms with Gasteiger partial charge in [-0.05, 0) is 146 Å². The molecule has 0 aliphatic heterocycles. The first-order valence-corrected chi connectivity index (χ1v) is 25.5. The molecule has 0 aromatic heterocycles. The first-order chi connectivity index (χ1) is 36.2. The largest absolute Gasteiger partial charge is 0.309 e. The van der Waals surface area contributed by atoms with Crippen molar-refractivity contribution in [1.29, 1.82) is 0 Å². The van der Waals surface area contributed by atoms with Crippen LogP contribution in [0.1, 0.15) is 40.7 Å². The maximum atomic E-state index is 2.46. The zero-order valence-corrected chi connectivity index (χ0v) is 40.6. The van der Waals surface area contributed by atoms with Gasteiger partial charge < -0.3 is 9.80 Å². The second-order valence-corrected chi connectivity index (χ2v) is 19.2. The molecule has 0 spiro atoms. The molecule has 0 atom stereocenters. The van der Waals surface area contributed by atoms with Crippen LogP contribution in [-0.4, -0.2) is 0 Å². The molecule has 13 rings (SSSR count). The number of nitrogens with zero attached hydrogens (tertiary/aromatic N) is 2. The highest BCUT2D eigenvalue weighted by Crippen LogP contribution is 2.47. The smallest absolute Gasteiger partial charge is 0.0618 e. The Bertz CT molecular complexity index is 3970. The van der Waals surface area contributed by atoms with Gasteiger partial charge >= 0.3 is 0 Å². The summed E-state index contributed by atoms with van der Waals surface area (Å²) in [6, 6.07) is 82.5. The fourth-order valence-electron chi connectivity index (χ4n) is 11.0. The van der Waals surface area contributed by atoms with E-state index in [0.29, 0.717) is 0 Å². The van der Waals surface area contributed by atoms with Crippen molar-refractivity contribution in [3.63, 3.8) is 0 Å². The molecule has 0 saturated carbocycles. The van der Waals surface area contributed by atoms with Gasteiger partial charge in [-0.25, -0.2) is 0 Å². The number of benzene rings is 11. The summed E-state index contributed by atoms with van der Waals surface area (Å²) in [6.07, 6.45) is 23.3. The lowest BCUT2D eigenvalue weighted by Gasteiger charge is -2.30. The zero-order chi connectivity index (χ0) is 48.5. The maximum Gasteiger partial charge on any atom is 0.0618 e. The Morgan fingerprint density at radius 2 is 0.877 bits per heavy atom. The van der Waals surface area contributed by atoms with E-state index in [1.165, 1.54) is 87.9 Å². The average molecular weight is 933 g/mol. The summed E-state index contributed by atoms with van der Waals surface area (Å²) < 4.78 is 0. The molecule has 11 aromatic rings. The highest BCUT2D eigenvalue weighted by atomic mass is 15.2. The van der Waals surface area contributed by atoms with Crippen LogP contribution in [0.3, 0.4) is 0 Å². The summed E-state index contributed by atoms with van der Waals surface area (Å²) in [5, 5.41) is 9.72. The van der Waals surface area contributed by atoms with E-state index in [0.717, 1.165) is 53.1 Å². The van der Waals surface area contributed by atoms with Gasteiger partial charge in [-0.1, -0.05) is 218 Å². The minimum absolute atomic E-state index is 0.887. The van der Waals surface area contributed by atoms with E-state index in [1.807, 2.05) is 0 Å². The minimum atomic E-state index is 0.887. The zero-order valence-electron chi connectivity index (χ0n) is 40.6. The fourth-order valence-corrected chi connectivity index (χ4v) is 11.0. The van der Waals surface area contributed by atoms with Crippen LogP contribution in [0.5, 0.6) is 0 Å². The van der Waals surface area contributed by atoms with Crippen LogP contribution in [0.15, 0.2) is 261 Å². The molecule has 0 amide bonds. The van der Waals surface area contributed by atoms with Crippen LogP contribution in [-0.2, 0) is 6.42 Å². The van der Waals surface area contributed by atoms with E-state index in [2.05, 4.69) is 289 Å². The van der Waals surface area contributed by atoms with Crippen molar-refractivity contribution in [2.24, 2.45) is 0 Å². The summed E-state index contributed by atoms with van der Waals surface area (Å²) in [5.41, 5.74) is 16.7. The predicted octanol–water partition coefficient (Wildman–Crippen LogP) is 19.9. The third-order valence-corrected chi connectivity index (χ3v) is 14.6. The third-order valence-electron chi connectivity index (χ3n) is 14.6. The van der Waals surface area contributed by atoms with Gasteiger partial charge in [-0.3, -0.25) is 0 Å². The highest BCUT2D eigenvalue weighted by molar-refractivity contribution is 6.14. The van der Waals surface area contributed by atoms with Crippen molar-refractivity contribution < 1.29 is 0 Å². The van der Waals surface area contributed by atoms with Crippen molar-refractivity contribution in [2.45, 2.75) is 19.3 Å². The Labute approximate surface area is 427 Å². The Kier molecular flexibility index (Phi) is 11.5. The van der Waals surface area contributed by atoms with Gasteiger partial charge in [0, 0.05) is 44.5 Å². The summed E-state index contributed by atoms with van der Waals surface area (Å²) in [5.74, 6) is 0. The molecule has 0 bridgehead atoms. The number of anilines is 6. The molecular weight excluding hydrogens is 881 g/mol. The van der Waals surface area contributed by atoms with Crippen LogP contribution in [0, 0.1) is 0 Å². The molecule has 0 radical (unpaired) electrons. The van der Waals surface area contributed by atoms with Crippen molar-refractivity contribution in [3.05, 3.63) is 289 Å². The monoisotopic (exact) mass is 932 g/mol. The normalized spacial score (nSPS) is 13.2. The number of fused-ring (bicyclic) bond motifs is 5. The van der Waals surface area contributed by atoms with Gasteiger partial charge in [0.25, 0.3) is 0 Å². The highest BCUT2D eigenvalue weighted by Gasteiger charge is 2.23. The Morgan fingerprint density at radius 1 is 0.342 bits per heavy atom. The molecule has 2 aliphatic rings. The minimum Gasteiger partial charge on any atom is -0.309 e. The van der Waals surface area contributed by atoms with E-state index < -0.39 is 0 Å². The Balaban J connectivity index is 0.845. The van der Waals surface area contributed by atoms with Gasteiger partial charge in [0.2, 0.25) is 0 Å². The molecule has 0 fully saturated rings. The van der Waals surface area contributed by atoms with Crippen LogP contribution in [0.25, 0.3) is 78.0 Å². The summed E-state index contributed by atoms with van der Waals surface area (Å²) >= 11 is 0. The van der Waals surface area contributed by atoms with E-state index in [4.69, 9.17) is 0 Å². The van der Waals surface area contributed by atoms with E-state index >= 15 is 0 Å². The van der Waals surface area contributed by atoms with Crippen molar-refractivity contribution >= 4 is 101 Å². The molecule has 0 heterocycles. The molecule has 346 valence electrons. The lowest BCUT2D eigenvalue weighted by Crippen LogP contribution is -2.13. The average Bonchev–Trinajstić information content (AvgIpc) is 3.71. The van der Waals surface area contributed by atoms with Crippen LogP contribution >= 0.6 is 0 Å². The Hall–Kier alpha value is -9.24. The molecule has 2 heteroatoms. The first kappa shape index (κ1) is 43.8. The molecule has 2 nitrogen and oxygen atoms in total. The van der Waals surface area contributed by atoms with Gasteiger partial charge in [0.1, 0.15) is 0 Å². The number of hydrogen-bond acceptors (Lipinski definition) is 2. The van der Waals surface area contributed by atoms with Crippen LogP contribution < -0.4 is 9.80 Å². The molecular formula is C71H52N2. The lowest BCUT2D eigenvalue weighted by atomic mass is 9.94. The number of rotatable bonds is 10. The lowest BCUT2D eigenvalue weighted by molar-refractivity contribution is 1.04. The van der Waals surface area contributed by atoms with Gasteiger partial charge in [0.15, 0.2) is 0 Å². The van der Waals surface area contributed by atoms with Crippen LogP contribution in [0.4, 0.5) is 34.1 Å². The molecule has 73 heavy (non-hydrogen) atoms. The quantitative estimate of drug-likeness (QED) is 0.0996. The molecule has 0 saturated heterocycles. The van der Waals surface area contributed by atoms with Crippen molar-refractivity contribution in [3.8, 4) is 11.1 Å². The number of hydrogen-bond donors (Lipinski definition) is 0. The third kappa shape index (κ3) is 8.54. The first-order valence-electron chi connectivity index (χ1n) is 25.5. The summed E-state index contributed by atoms with van der Waals surface area (Å²) in [6.45, 7) is 0. The predicted molar refractivity (Wildman–Crippen MR) is 315 cm³/mol. The fraction of sp³-hybridized carbons (Fsp3) is 0.0423. The SMILES string of the molecule is C1=CCc2cc3ccccc3c(N(c3ccc(/C=C/c4ccc5cc(N(c6ccc(-c7ccccc7)cc6)c6c7ccccc7cc7ccccc67)ccc5c4)cc3)c3ccc(C4=CCCC=C4)cc3)c2C=C1. The molecule has 11 aromatic carbocycles.